The van der Waals surface area contributed by atoms with E-state index in [9.17, 15) is 9.59 Å². The van der Waals surface area contributed by atoms with Crippen molar-refractivity contribution in [3.63, 3.8) is 0 Å². The van der Waals surface area contributed by atoms with Crippen molar-refractivity contribution in [2.24, 2.45) is 0 Å². The lowest BCUT2D eigenvalue weighted by Crippen LogP contribution is -2.45. The average Bonchev–Trinajstić information content (AvgIpc) is 3.10. The summed E-state index contributed by atoms with van der Waals surface area (Å²) in [5, 5.41) is 2.86. The van der Waals surface area contributed by atoms with Gasteiger partial charge in [-0.15, -0.1) is 0 Å². The fourth-order valence-electron chi connectivity index (χ4n) is 2.92. The Morgan fingerprint density at radius 2 is 2.12 bits per heavy atom. The van der Waals surface area contributed by atoms with E-state index in [1.165, 1.54) is 4.90 Å². The first-order valence-electron chi connectivity index (χ1n) is 8.40. The number of nitrogens with zero attached hydrogens (tertiary/aromatic N) is 2. The fourth-order valence-corrected chi connectivity index (χ4v) is 2.92. The van der Waals surface area contributed by atoms with Crippen molar-refractivity contribution >= 4 is 28.8 Å². The van der Waals surface area contributed by atoms with Gasteiger partial charge in [-0.25, -0.2) is 9.78 Å². The summed E-state index contributed by atoms with van der Waals surface area (Å²) < 4.78 is 10.8. The normalized spacial score (nSPS) is 17.8. The van der Waals surface area contributed by atoms with Crippen molar-refractivity contribution in [2.45, 2.75) is 52.2 Å². The summed E-state index contributed by atoms with van der Waals surface area (Å²) >= 11 is 0. The molecule has 2 amide bonds. The van der Waals surface area contributed by atoms with Crippen LogP contribution in [0.5, 0.6) is 0 Å². The molecule has 1 saturated heterocycles. The molecule has 134 valence electrons. The van der Waals surface area contributed by atoms with Crippen molar-refractivity contribution < 1.29 is 18.7 Å². The van der Waals surface area contributed by atoms with E-state index in [2.05, 4.69) is 10.3 Å². The maximum absolute atomic E-state index is 12.6. The van der Waals surface area contributed by atoms with Gasteiger partial charge in [-0.1, -0.05) is 0 Å². The van der Waals surface area contributed by atoms with E-state index in [4.69, 9.17) is 9.15 Å². The molecule has 0 aliphatic carbocycles. The third-order valence-electron chi connectivity index (χ3n) is 3.95. The molecule has 7 heteroatoms. The van der Waals surface area contributed by atoms with Crippen LogP contribution in [0.3, 0.4) is 0 Å². The van der Waals surface area contributed by atoms with Crippen LogP contribution in [0.1, 0.15) is 39.5 Å². The van der Waals surface area contributed by atoms with Gasteiger partial charge in [0.1, 0.15) is 17.2 Å². The zero-order chi connectivity index (χ0) is 18.2. The number of ether oxygens (including phenoxy) is 1. The highest BCUT2D eigenvalue weighted by Crippen LogP contribution is 2.24. The highest BCUT2D eigenvalue weighted by Gasteiger charge is 2.36. The van der Waals surface area contributed by atoms with Gasteiger partial charge in [0.2, 0.25) is 5.91 Å². The molecule has 3 rings (SSSR count). The summed E-state index contributed by atoms with van der Waals surface area (Å²) in [4.78, 5) is 30.7. The average molecular weight is 345 g/mol. The summed E-state index contributed by atoms with van der Waals surface area (Å²) in [6.07, 6.45) is 0.947. The Morgan fingerprint density at radius 1 is 1.36 bits per heavy atom. The van der Waals surface area contributed by atoms with Crippen LogP contribution >= 0.6 is 0 Å². The zero-order valence-electron chi connectivity index (χ0n) is 15.0. The molecule has 7 nitrogen and oxygen atoms in total. The molecule has 1 N–H and O–H groups in total. The van der Waals surface area contributed by atoms with E-state index in [0.717, 1.165) is 6.42 Å². The first kappa shape index (κ1) is 17.3. The van der Waals surface area contributed by atoms with E-state index >= 15 is 0 Å². The minimum atomic E-state index is -0.587. The van der Waals surface area contributed by atoms with Crippen LogP contribution in [0, 0.1) is 6.92 Å². The number of anilines is 1. The van der Waals surface area contributed by atoms with E-state index < -0.39 is 17.7 Å². The summed E-state index contributed by atoms with van der Waals surface area (Å²) in [7, 11) is 0. The van der Waals surface area contributed by atoms with Gasteiger partial charge in [0, 0.05) is 19.2 Å². The molecule has 25 heavy (non-hydrogen) atoms. The zero-order valence-corrected chi connectivity index (χ0v) is 15.0. The number of aryl methyl sites for hydroxylation is 1. The molecule has 2 heterocycles. The Balaban J connectivity index is 1.71. The number of rotatable bonds is 2. The molecule has 1 aliphatic rings. The maximum atomic E-state index is 12.6. The highest BCUT2D eigenvalue weighted by molar-refractivity contribution is 5.98. The molecule has 1 fully saturated rings. The van der Waals surface area contributed by atoms with E-state index in [-0.39, 0.29) is 5.91 Å². The summed E-state index contributed by atoms with van der Waals surface area (Å²) in [6, 6.07) is 4.77. The third kappa shape index (κ3) is 3.92. The number of benzene rings is 1. The molecule has 0 radical (unpaired) electrons. The number of carbonyl (C=O) groups excluding carboxylic acids is 2. The van der Waals surface area contributed by atoms with Gasteiger partial charge in [0.25, 0.3) is 0 Å². The molecule has 0 spiro atoms. The van der Waals surface area contributed by atoms with Gasteiger partial charge >= 0.3 is 6.09 Å². The number of oxazole rings is 1. The molecular weight excluding hydrogens is 322 g/mol. The monoisotopic (exact) mass is 345 g/mol. The van der Waals surface area contributed by atoms with Crippen LogP contribution in [0.2, 0.25) is 0 Å². The van der Waals surface area contributed by atoms with E-state index in [1.54, 1.807) is 25.1 Å². The Morgan fingerprint density at radius 3 is 2.84 bits per heavy atom. The predicted octanol–water partition coefficient (Wildman–Crippen LogP) is 3.47. The minimum Gasteiger partial charge on any atom is -0.444 e. The fraction of sp³-hybridized carbons (Fsp3) is 0.500. The van der Waals surface area contributed by atoms with Crippen LogP contribution < -0.4 is 5.32 Å². The molecule has 0 bridgehead atoms. The molecule has 0 saturated carbocycles. The highest BCUT2D eigenvalue weighted by atomic mass is 16.6. The van der Waals surface area contributed by atoms with Gasteiger partial charge in [-0.2, -0.15) is 0 Å². The summed E-state index contributed by atoms with van der Waals surface area (Å²) in [5.74, 6) is 0.355. The summed E-state index contributed by atoms with van der Waals surface area (Å²) in [6.45, 7) is 7.73. The van der Waals surface area contributed by atoms with Crippen LogP contribution in [-0.4, -0.2) is 40.1 Å². The Bertz CT molecular complexity index is 806. The van der Waals surface area contributed by atoms with Gasteiger partial charge in [0.15, 0.2) is 11.5 Å². The SMILES string of the molecule is Cc1nc2cc(NC(=O)[C@@H]3CCCN3C(=O)OC(C)(C)C)ccc2o1. The quantitative estimate of drug-likeness (QED) is 0.901. The predicted molar refractivity (Wildman–Crippen MR) is 93.3 cm³/mol. The number of carbonyl (C=O) groups is 2. The number of likely N-dealkylation sites (tertiary alicyclic amines) is 1. The van der Waals surface area contributed by atoms with Gasteiger partial charge in [-0.3, -0.25) is 9.69 Å². The molecule has 1 aromatic heterocycles. The number of hydrogen-bond acceptors (Lipinski definition) is 5. The largest absolute Gasteiger partial charge is 0.444 e. The van der Waals surface area contributed by atoms with Crippen molar-refractivity contribution in [3.8, 4) is 0 Å². The molecule has 0 unspecified atom stereocenters. The molecule has 2 aromatic rings. The number of aromatic nitrogens is 1. The van der Waals surface area contributed by atoms with E-state index in [1.807, 2.05) is 20.8 Å². The van der Waals surface area contributed by atoms with Crippen LogP contribution in [-0.2, 0) is 9.53 Å². The lowest BCUT2D eigenvalue weighted by molar-refractivity contribution is -0.120. The van der Waals surface area contributed by atoms with Crippen LogP contribution in [0.4, 0.5) is 10.5 Å². The van der Waals surface area contributed by atoms with Crippen molar-refractivity contribution in [2.75, 3.05) is 11.9 Å². The second kappa shape index (κ2) is 6.38. The first-order chi connectivity index (χ1) is 11.7. The minimum absolute atomic E-state index is 0.220. The smallest absolute Gasteiger partial charge is 0.410 e. The Hall–Kier alpha value is -2.57. The Kier molecular flexibility index (Phi) is 4.41. The topological polar surface area (TPSA) is 84.7 Å². The number of amides is 2. The standard InChI is InChI=1S/C18H23N3O4/c1-11-19-13-10-12(7-8-15(13)24-11)20-16(22)14-6-5-9-21(14)17(23)25-18(2,3)4/h7-8,10,14H,5-6,9H2,1-4H3,(H,20,22)/t14-/m0/s1. The second-order valence-corrected chi connectivity index (χ2v) is 7.24. The molecule has 1 atom stereocenters. The number of fused-ring (bicyclic) bond motifs is 1. The molecule has 1 aromatic carbocycles. The molecular formula is C18H23N3O4. The number of hydrogen-bond donors (Lipinski definition) is 1. The lowest BCUT2D eigenvalue weighted by Gasteiger charge is -2.28. The van der Waals surface area contributed by atoms with Gasteiger partial charge < -0.3 is 14.5 Å². The van der Waals surface area contributed by atoms with Crippen molar-refractivity contribution in [1.29, 1.82) is 0 Å². The summed E-state index contributed by atoms with van der Waals surface area (Å²) in [5.41, 5.74) is 1.40. The van der Waals surface area contributed by atoms with Gasteiger partial charge in [0.05, 0.1) is 0 Å². The van der Waals surface area contributed by atoms with Crippen LogP contribution in [0.15, 0.2) is 22.6 Å². The van der Waals surface area contributed by atoms with Crippen molar-refractivity contribution in [3.05, 3.63) is 24.1 Å². The maximum Gasteiger partial charge on any atom is 0.410 e. The van der Waals surface area contributed by atoms with Crippen molar-refractivity contribution in [1.82, 2.24) is 9.88 Å². The second-order valence-electron chi connectivity index (χ2n) is 7.24. The Labute approximate surface area is 146 Å². The van der Waals surface area contributed by atoms with Gasteiger partial charge in [-0.05, 0) is 51.8 Å². The third-order valence-corrected chi connectivity index (χ3v) is 3.95. The van der Waals surface area contributed by atoms with E-state index in [0.29, 0.717) is 35.6 Å². The first-order valence-corrected chi connectivity index (χ1v) is 8.40. The van der Waals surface area contributed by atoms with Crippen LogP contribution in [0.25, 0.3) is 11.1 Å². The molecule has 1 aliphatic heterocycles. The lowest BCUT2D eigenvalue weighted by atomic mass is 10.2. The number of nitrogens with one attached hydrogen (secondary N) is 1.